The third kappa shape index (κ3) is 3.38. The van der Waals surface area contributed by atoms with E-state index in [-0.39, 0.29) is 21.6 Å². The highest BCUT2D eigenvalue weighted by Gasteiger charge is 2.46. The fourth-order valence-corrected chi connectivity index (χ4v) is 3.57. The third-order valence-electron chi connectivity index (χ3n) is 4.36. The van der Waals surface area contributed by atoms with E-state index in [1.807, 2.05) is 0 Å². The number of sulfone groups is 1. The van der Waals surface area contributed by atoms with Gasteiger partial charge < -0.3 is 9.47 Å². The predicted molar refractivity (Wildman–Crippen MR) is 94.2 cm³/mol. The zero-order valence-electron chi connectivity index (χ0n) is 14.7. The second-order valence-corrected chi connectivity index (χ2v) is 8.23. The molecule has 0 aliphatic carbocycles. The van der Waals surface area contributed by atoms with Gasteiger partial charge in [0.25, 0.3) is 0 Å². The fourth-order valence-electron chi connectivity index (χ4n) is 2.94. The van der Waals surface area contributed by atoms with Crippen LogP contribution in [0.3, 0.4) is 0 Å². The van der Waals surface area contributed by atoms with Crippen molar-refractivity contribution in [3.63, 3.8) is 0 Å². The maximum absolute atomic E-state index is 14.8. The highest BCUT2D eigenvalue weighted by atomic mass is 32.2. The fraction of sp³-hybridized carbons (Fsp3) is 0.211. The van der Waals surface area contributed by atoms with Crippen LogP contribution >= 0.6 is 0 Å². The minimum absolute atomic E-state index is 0.0188. The average molecular weight is 394 g/mol. The Balaban J connectivity index is 2.29. The number of esters is 1. The van der Waals surface area contributed by atoms with Gasteiger partial charge in [0.05, 0.1) is 10.5 Å². The standard InChI is InChI=1S/C19H16F2O5S/c1-19(25-2)17(14-9-8-13(10-15(14)21)27(3,23)24)16(18(22)26-19)11-4-6-12(20)7-5-11/h4-10H,1-3H3. The first-order valence-electron chi connectivity index (χ1n) is 7.86. The van der Waals surface area contributed by atoms with Gasteiger partial charge in [-0.15, -0.1) is 0 Å². The molecule has 1 unspecified atom stereocenters. The molecule has 2 aromatic rings. The maximum Gasteiger partial charge on any atom is 0.342 e. The molecular formula is C19H16F2O5S. The molecule has 27 heavy (non-hydrogen) atoms. The number of methoxy groups -OCH3 is 1. The summed E-state index contributed by atoms with van der Waals surface area (Å²) in [6.07, 6.45) is 0.964. The quantitative estimate of drug-likeness (QED) is 0.745. The van der Waals surface area contributed by atoms with Crippen LogP contribution in [0.4, 0.5) is 8.78 Å². The van der Waals surface area contributed by atoms with E-state index >= 15 is 0 Å². The topological polar surface area (TPSA) is 69.7 Å². The number of ether oxygens (including phenoxy) is 2. The number of rotatable bonds is 4. The number of hydrogen-bond donors (Lipinski definition) is 0. The van der Waals surface area contributed by atoms with Gasteiger partial charge in [-0.25, -0.2) is 22.0 Å². The van der Waals surface area contributed by atoms with Crippen LogP contribution < -0.4 is 0 Å². The Morgan fingerprint density at radius 1 is 1.07 bits per heavy atom. The van der Waals surface area contributed by atoms with Crippen molar-refractivity contribution in [1.82, 2.24) is 0 Å². The molecule has 0 amide bonds. The molecule has 1 aliphatic rings. The molecule has 3 rings (SSSR count). The van der Waals surface area contributed by atoms with Gasteiger partial charge in [0, 0.05) is 31.4 Å². The van der Waals surface area contributed by atoms with E-state index < -0.39 is 33.2 Å². The second kappa shape index (κ2) is 6.54. The zero-order valence-corrected chi connectivity index (χ0v) is 15.6. The molecule has 1 aliphatic heterocycles. The van der Waals surface area contributed by atoms with Gasteiger partial charge >= 0.3 is 5.97 Å². The van der Waals surface area contributed by atoms with E-state index in [0.717, 1.165) is 12.3 Å². The summed E-state index contributed by atoms with van der Waals surface area (Å²) in [5, 5.41) is 0. The second-order valence-electron chi connectivity index (χ2n) is 6.21. The molecule has 0 saturated heterocycles. The van der Waals surface area contributed by atoms with Crippen molar-refractivity contribution >= 4 is 27.0 Å². The number of carbonyl (C=O) groups is 1. The Hall–Kier alpha value is -2.58. The summed E-state index contributed by atoms with van der Waals surface area (Å²) in [5.74, 6) is -3.69. The lowest BCUT2D eigenvalue weighted by Gasteiger charge is -2.25. The summed E-state index contributed by atoms with van der Waals surface area (Å²) in [5.41, 5.74) is 0.394. The van der Waals surface area contributed by atoms with Gasteiger partial charge in [0.15, 0.2) is 9.84 Å². The maximum atomic E-state index is 14.8. The lowest BCUT2D eigenvalue weighted by Crippen LogP contribution is -2.29. The molecule has 2 aromatic carbocycles. The number of carbonyl (C=O) groups excluding carboxylic acids is 1. The van der Waals surface area contributed by atoms with Gasteiger partial charge in [0.2, 0.25) is 5.79 Å². The molecule has 0 radical (unpaired) electrons. The van der Waals surface area contributed by atoms with E-state index in [0.29, 0.717) is 5.56 Å². The van der Waals surface area contributed by atoms with Crippen molar-refractivity contribution in [3.8, 4) is 0 Å². The molecule has 0 spiro atoms. The van der Waals surface area contributed by atoms with Crippen molar-refractivity contribution in [2.45, 2.75) is 17.6 Å². The summed E-state index contributed by atoms with van der Waals surface area (Å²) in [4.78, 5) is 12.3. The predicted octanol–water partition coefficient (Wildman–Crippen LogP) is 3.20. The Kier molecular flexibility index (Phi) is 4.65. The number of cyclic esters (lactones) is 1. The summed E-state index contributed by atoms with van der Waals surface area (Å²) in [7, 11) is -2.31. The largest absolute Gasteiger partial charge is 0.425 e. The van der Waals surface area contributed by atoms with Crippen molar-refractivity contribution in [2.75, 3.05) is 13.4 Å². The van der Waals surface area contributed by atoms with Gasteiger partial charge in [0.1, 0.15) is 11.6 Å². The number of benzene rings is 2. The van der Waals surface area contributed by atoms with Gasteiger partial charge in [-0.2, -0.15) is 0 Å². The van der Waals surface area contributed by atoms with Crippen LogP contribution in [0.2, 0.25) is 0 Å². The van der Waals surface area contributed by atoms with Crippen LogP contribution in [0.5, 0.6) is 0 Å². The first-order chi connectivity index (χ1) is 12.6. The average Bonchev–Trinajstić information content (AvgIpc) is 2.86. The van der Waals surface area contributed by atoms with Crippen LogP contribution in [0, 0.1) is 11.6 Å². The smallest absolute Gasteiger partial charge is 0.342 e. The summed E-state index contributed by atoms with van der Waals surface area (Å²) < 4.78 is 62.0. The van der Waals surface area contributed by atoms with Crippen molar-refractivity contribution in [2.24, 2.45) is 0 Å². The van der Waals surface area contributed by atoms with Crippen molar-refractivity contribution < 1.29 is 31.5 Å². The highest BCUT2D eigenvalue weighted by Crippen LogP contribution is 2.45. The van der Waals surface area contributed by atoms with E-state index in [1.165, 1.54) is 50.4 Å². The molecular weight excluding hydrogens is 378 g/mol. The summed E-state index contributed by atoms with van der Waals surface area (Å²) in [6, 6.07) is 8.44. The lowest BCUT2D eigenvalue weighted by molar-refractivity contribution is -0.178. The minimum atomic E-state index is -3.61. The highest BCUT2D eigenvalue weighted by molar-refractivity contribution is 7.90. The van der Waals surface area contributed by atoms with Crippen LogP contribution in [0.15, 0.2) is 47.4 Å². The van der Waals surface area contributed by atoms with Gasteiger partial charge in [-0.05, 0) is 29.8 Å². The van der Waals surface area contributed by atoms with Crippen LogP contribution in [0.1, 0.15) is 18.1 Å². The van der Waals surface area contributed by atoms with Crippen molar-refractivity contribution in [3.05, 3.63) is 65.2 Å². The molecule has 0 bridgehead atoms. The lowest BCUT2D eigenvalue weighted by atomic mass is 9.91. The summed E-state index contributed by atoms with van der Waals surface area (Å²) in [6.45, 7) is 1.45. The molecule has 0 N–H and O–H groups in total. The Morgan fingerprint density at radius 3 is 2.22 bits per heavy atom. The number of hydrogen-bond acceptors (Lipinski definition) is 5. The first kappa shape index (κ1) is 19.2. The van der Waals surface area contributed by atoms with E-state index in [1.54, 1.807) is 0 Å². The molecule has 5 nitrogen and oxygen atoms in total. The van der Waals surface area contributed by atoms with Gasteiger partial charge in [-0.3, -0.25) is 0 Å². The SMILES string of the molecule is COC1(C)OC(=O)C(c2ccc(F)cc2)=C1c1ccc(S(C)(=O)=O)cc1F. The monoisotopic (exact) mass is 394 g/mol. The Labute approximate surface area is 155 Å². The Morgan fingerprint density at radius 2 is 1.70 bits per heavy atom. The first-order valence-corrected chi connectivity index (χ1v) is 9.75. The molecule has 1 atom stereocenters. The molecule has 8 heteroatoms. The Bertz CT molecular complexity index is 1060. The normalized spacial score (nSPS) is 20.1. The molecule has 0 fully saturated rings. The van der Waals surface area contributed by atoms with E-state index in [2.05, 4.69) is 0 Å². The van der Waals surface area contributed by atoms with Gasteiger partial charge in [-0.1, -0.05) is 18.2 Å². The molecule has 0 saturated carbocycles. The number of halogens is 2. The summed E-state index contributed by atoms with van der Waals surface area (Å²) >= 11 is 0. The third-order valence-corrected chi connectivity index (χ3v) is 5.47. The minimum Gasteiger partial charge on any atom is -0.425 e. The van der Waals surface area contributed by atoms with Crippen LogP contribution in [-0.4, -0.2) is 33.5 Å². The van der Waals surface area contributed by atoms with E-state index in [9.17, 15) is 22.0 Å². The van der Waals surface area contributed by atoms with E-state index in [4.69, 9.17) is 9.47 Å². The van der Waals surface area contributed by atoms with Crippen LogP contribution in [0.25, 0.3) is 11.1 Å². The van der Waals surface area contributed by atoms with Crippen LogP contribution in [-0.2, 0) is 24.1 Å². The van der Waals surface area contributed by atoms with Crippen molar-refractivity contribution in [1.29, 1.82) is 0 Å². The molecule has 142 valence electrons. The zero-order chi connectivity index (χ0) is 20.0. The molecule has 1 heterocycles. The molecule has 0 aromatic heterocycles.